The zero-order valence-corrected chi connectivity index (χ0v) is 16.1. The number of morpholine rings is 1. The maximum absolute atomic E-state index is 12.5. The van der Waals surface area contributed by atoms with Gasteiger partial charge in [0, 0.05) is 25.7 Å². The van der Waals surface area contributed by atoms with Crippen LogP contribution in [0.25, 0.3) is 11.0 Å². The molecule has 0 radical (unpaired) electrons. The number of ether oxygens (including phenoxy) is 1. The van der Waals surface area contributed by atoms with Gasteiger partial charge in [-0.25, -0.2) is 4.98 Å². The van der Waals surface area contributed by atoms with Crippen LogP contribution < -0.4 is 10.9 Å². The van der Waals surface area contributed by atoms with Crippen molar-refractivity contribution in [2.24, 2.45) is 5.92 Å². The lowest BCUT2D eigenvalue weighted by Gasteiger charge is -2.35. The van der Waals surface area contributed by atoms with E-state index in [1.54, 1.807) is 0 Å². The molecule has 27 heavy (non-hydrogen) atoms. The van der Waals surface area contributed by atoms with E-state index in [1.165, 1.54) is 10.8 Å². The van der Waals surface area contributed by atoms with Crippen molar-refractivity contribution in [3.63, 3.8) is 0 Å². The lowest BCUT2D eigenvalue weighted by Crippen LogP contribution is -2.49. The quantitative estimate of drug-likeness (QED) is 0.792. The number of carbonyl (C=O) groups is 1. The number of benzene rings is 1. The monoisotopic (exact) mass is 372 g/mol. The summed E-state index contributed by atoms with van der Waals surface area (Å²) < 4.78 is 6.92. The van der Waals surface area contributed by atoms with Gasteiger partial charge in [-0.3, -0.25) is 19.1 Å². The van der Waals surface area contributed by atoms with E-state index in [1.807, 2.05) is 24.3 Å². The summed E-state index contributed by atoms with van der Waals surface area (Å²) in [6.45, 7) is 8.22. The van der Waals surface area contributed by atoms with Gasteiger partial charge in [-0.05, 0) is 24.5 Å². The number of nitrogens with zero attached hydrogens (tertiary/aromatic N) is 3. The molecule has 3 rings (SSSR count). The third kappa shape index (κ3) is 5.14. The molecular formula is C20H28N4O3. The van der Waals surface area contributed by atoms with Crippen LogP contribution in [-0.2, 0) is 16.1 Å². The highest BCUT2D eigenvalue weighted by Crippen LogP contribution is 2.13. The summed E-state index contributed by atoms with van der Waals surface area (Å²) in [7, 11) is 0. The highest BCUT2D eigenvalue weighted by atomic mass is 16.5. The average Bonchev–Trinajstić information content (AvgIpc) is 2.68. The number of hydrogen-bond acceptors (Lipinski definition) is 5. The second-order valence-electron chi connectivity index (χ2n) is 7.41. The summed E-state index contributed by atoms with van der Waals surface area (Å²) in [5.74, 6) is 0.386. The summed E-state index contributed by atoms with van der Waals surface area (Å²) in [5, 5.41) is 3.02. The maximum atomic E-state index is 12.5. The minimum atomic E-state index is -0.268. The minimum absolute atomic E-state index is 0.000619. The standard InChI is InChI=1S/C20H28N4O3/c1-15(2)11-16(23-7-9-27-10-8-23)12-22-19(25)14-24-18-6-4-3-5-17(18)21-13-20(24)26/h3-6,13,15-16H,7-12,14H2,1-2H3,(H,22,25). The molecular weight excluding hydrogens is 344 g/mol. The van der Waals surface area contributed by atoms with Gasteiger partial charge in [0.15, 0.2) is 0 Å². The molecule has 7 heteroatoms. The van der Waals surface area contributed by atoms with E-state index >= 15 is 0 Å². The summed E-state index contributed by atoms with van der Waals surface area (Å²) >= 11 is 0. The first-order valence-electron chi connectivity index (χ1n) is 9.57. The molecule has 1 aliphatic rings. The molecule has 1 atom stereocenters. The number of hydrogen-bond donors (Lipinski definition) is 1. The smallest absolute Gasteiger partial charge is 0.269 e. The Labute approximate surface area is 159 Å². The van der Waals surface area contributed by atoms with Crippen molar-refractivity contribution in [3.8, 4) is 0 Å². The van der Waals surface area contributed by atoms with Crippen LogP contribution in [0, 0.1) is 5.92 Å². The summed E-state index contributed by atoms with van der Waals surface area (Å²) in [6.07, 6.45) is 2.28. The second-order valence-corrected chi connectivity index (χ2v) is 7.41. The van der Waals surface area contributed by atoms with Crippen molar-refractivity contribution in [1.82, 2.24) is 19.8 Å². The molecule has 0 bridgehead atoms. The molecule has 1 aliphatic heterocycles. The Morgan fingerprint density at radius 2 is 2.00 bits per heavy atom. The second kappa shape index (κ2) is 9.10. The van der Waals surface area contributed by atoms with Gasteiger partial charge in [-0.15, -0.1) is 0 Å². The fraction of sp³-hybridized carbons (Fsp3) is 0.550. The predicted octanol–water partition coefficient (Wildman–Crippen LogP) is 1.26. The highest BCUT2D eigenvalue weighted by Gasteiger charge is 2.22. The highest BCUT2D eigenvalue weighted by molar-refractivity contribution is 5.79. The first-order valence-corrected chi connectivity index (χ1v) is 9.57. The Bertz CT molecular complexity index is 827. The van der Waals surface area contributed by atoms with E-state index in [0.29, 0.717) is 23.5 Å². The number of aromatic nitrogens is 2. The molecule has 1 aromatic heterocycles. The molecule has 2 heterocycles. The van der Waals surface area contributed by atoms with E-state index in [-0.39, 0.29) is 24.1 Å². The number of amides is 1. The number of para-hydroxylation sites is 2. The maximum Gasteiger partial charge on any atom is 0.269 e. The SMILES string of the molecule is CC(C)CC(CNC(=O)Cn1c(=O)cnc2ccccc21)N1CCOCC1. The molecule has 1 fully saturated rings. The summed E-state index contributed by atoms with van der Waals surface area (Å²) in [5.41, 5.74) is 1.11. The first kappa shape index (κ1) is 19.5. The van der Waals surface area contributed by atoms with Crippen molar-refractivity contribution >= 4 is 16.9 Å². The van der Waals surface area contributed by atoms with Gasteiger partial charge >= 0.3 is 0 Å². The van der Waals surface area contributed by atoms with E-state index in [9.17, 15) is 9.59 Å². The largest absolute Gasteiger partial charge is 0.379 e. The van der Waals surface area contributed by atoms with Gasteiger partial charge in [0.2, 0.25) is 5.91 Å². The van der Waals surface area contributed by atoms with Gasteiger partial charge in [0.1, 0.15) is 6.54 Å². The number of carbonyl (C=O) groups excluding carboxylic acids is 1. The fourth-order valence-electron chi connectivity index (χ4n) is 3.56. The Morgan fingerprint density at radius 1 is 1.26 bits per heavy atom. The number of rotatable bonds is 7. The van der Waals surface area contributed by atoms with Gasteiger partial charge in [-0.2, -0.15) is 0 Å². The van der Waals surface area contributed by atoms with E-state index in [0.717, 1.165) is 32.7 Å². The lowest BCUT2D eigenvalue weighted by atomic mass is 10.0. The predicted molar refractivity (Wildman–Crippen MR) is 105 cm³/mol. The molecule has 7 nitrogen and oxygen atoms in total. The van der Waals surface area contributed by atoms with Crippen molar-refractivity contribution < 1.29 is 9.53 Å². The molecule has 0 aliphatic carbocycles. The van der Waals surface area contributed by atoms with Crippen LogP contribution >= 0.6 is 0 Å². The normalized spacial score (nSPS) is 16.6. The van der Waals surface area contributed by atoms with Crippen molar-refractivity contribution in [2.75, 3.05) is 32.8 Å². The lowest BCUT2D eigenvalue weighted by molar-refractivity contribution is -0.122. The Hall–Kier alpha value is -2.25. The third-order valence-electron chi connectivity index (χ3n) is 4.89. The van der Waals surface area contributed by atoms with Crippen LogP contribution in [0.4, 0.5) is 0 Å². The van der Waals surface area contributed by atoms with E-state index in [4.69, 9.17) is 4.74 Å². The van der Waals surface area contributed by atoms with Crippen molar-refractivity contribution in [3.05, 3.63) is 40.8 Å². The molecule has 1 N–H and O–H groups in total. The first-order chi connectivity index (χ1) is 13.0. The summed E-state index contributed by atoms with van der Waals surface area (Å²) in [4.78, 5) is 31.3. The molecule has 1 aromatic carbocycles. The van der Waals surface area contributed by atoms with Gasteiger partial charge in [0.25, 0.3) is 5.56 Å². The summed E-state index contributed by atoms with van der Waals surface area (Å²) in [6, 6.07) is 7.63. The fourth-order valence-corrected chi connectivity index (χ4v) is 3.56. The molecule has 1 amide bonds. The minimum Gasteiger partial charge on any atom is -0.379 e. The Kier molecular flexibility index (Phi) is 6.58. The van der Waals surface area contributed by atoms with Crippen molar-refractivity contribution in [1.29, 1.82) is 0 Å². The molecule has 2 aromatic rings. The zero-order chi connectivity index (χ0) is 19.2. The molecule has 1 saturated heterocycles. The van der Waals surface area contributed by atoms with E-state index in [2.05, 4.69) is 29.0 Å². The van der Waals surface area contributed by atoms with Gasteiger partial charge in [-0.1, -0.05) is 26.0 Å². The van der Waals surface area contributed by atoms with Gasteiger partial charge in [0.05, 0.1) is 30.4 Å². The van der Waals surface area contributed by atoms with Gasteiger partial charge < -0.3 is 10.1 Å². The zero-order valence-electron chi connectivity index (χ0n) is 16.1. The molecule has 0 saturated carbocycles. The van der Waals surface area contributed by atoms with E-state index < -0.39 is 0 Å². The number of fused-ring (bicyclic) bond motifs is 1. The average molecular weight is 372 g/mol. The van der Waals surface area contributed by atoms with Crippen LogP contribution in [0.15, 0.2) is 35.3 Å². The van der Waals surface area contributed by atoms with Crippen LogP contribution in [0.5, 0.6) is 0 Å². The van der Waals surface area contributed by atoms with Crippen LogP contribution in [0.2, 0.25) is 0 Å². The van der Waals surface area contributed by atoms with Crippen LogP contribution in [0.1, 0.15) is 20.3 Å². The Morgan fingerprint density at radius 3 is 2.74 bits per heavy atom. The Balaban J connectivity index is 1.66. The molecule has 0 spiro atoms. The molecule has 146 valence electrons. The third-order valence-corrected chi connectivity index (χ3v) is 4.89. The van der Waals surface area contributed by atoms with Crippen molar-refractivity contribution in [2.45, 2.75) is 32.9 Å². The topological polar surface area (TPSA) is 76.5 Å². The van der Waals surface area contributed by atoms with Crippen LogP contribution in [-0.4, -0.2) is 59.2 Å². The number of nitrogens with one attached hydrogen (secondary N) is 1. The molecule has 1 unspecified atom stereocenters. The van der Waals surface area contributed by atoms with Crippen LogP contribution in [0.3, 0.4) is 0 Å².